The number of carbonyl (C=O) groups is 3. The Kier molecular flexibility index (Phi) is 7.32. The molecule has 0 unspecified atom stereocenters. The lowest BCUT2D eigenvalue weighted by Crippen LogP contribution is -2.55. The van der Waals surface area contributed by atoms with Crippen molar-refractivity contribution in [3.8, 4) is 6.07 Å². The maximum absolute atomic E-state index is 14.5. The molecule has 3 rings (SSSR count). The van der Waals surface area contributed by atoms with E-state index < -0.39 is 41.5 Å². The van der Waals surface area contributed by atoms with E-state index in [-0.39, 0.29) is 34.0 Å². The van der Waals surface area contributed by atoms with Crippen LogP contribution >= 0.6 is 15.9 Å². The van der Waals surface area contributed by atoms with Crippen molar-refractivity contribution in [2.75, 3.05) is 7.11 Å². The molecule has 1 saturated heterocycles. The minimum Gasteiger partial charge on any atom is -0.465 e. The second-order valence-corrected chi connectivity index (χ2v) is 10.2. The van der Waals surface area contributed by atoms with E-state index >= 15 is 0 Å². The fraction of sp³-hybridized carbons (Fsp3) is 0.565. The van der Waals surface area contributed by atoms with Crippen LogP contribution in [0.2, 0.25) is 0 Å². The molecule has 10 heteroatoms. The number of hydrogen-bond acceptors (Lipinski definition) is 6. The molecular weight excluding hydrogens is 497 g/mol. The number of halogens is 2. The van der Waals surface area contributed by atoms with Crippen LogP contribution in [0.1, 0.15) is 56.0 Å². The lowest BCUT2D eigenvalue weighted by atomic mass is 9.97. The van der Waals surface area contributed by atoms with Crippen molar-refractivity contribution in [3.63, 3.8) is 0 Å². The monoisotopic (exact) mass is 523 g/mol. The van der Waals surface area contributed by atoms with Gasteiger partial charge in [-0.15, -0.1) is 0 Å². The van der Waals surface area contributed by atoms with Crippen molar-refractivity contribution in [2.45, 2.75) is 70.2 Å². The van der Waals surface area contributed by atoms with Gasteiger partial charge in [0.15, 0.2) is 0 Å². The number of esters is 1. The van der Waals surface area contributed by atoms with Crippen LogP contribution in [0.3, 0.4) is 0 Å². The summed E-state index contributed by atoms with van der Waals surface area (Å²) in [6, 6.07) is 2.52. The molecule has 0 aromatic heterocycles. The number of carbonyl (C=O) groups excluding carboxylic acids is 3. The number of ether oxygens (including phenoxy) is 2. The van der Waals surface area contributed by atoms with Gasteiger partial charge in [-0.25, -0.2) is 14.0 Å². The summed E-state index contributed by atoms with van der Waals surface area (Å²) < 4.78 is 24.9. The van der Waals surface area contributed by atoms with Crippen LogP contribution in [-0.2, 0) is 20.7 Å². The highest BCUT2D eigenvalue weighted by Gasteiger charge is 2.52. The Balaban J connectivity index is 1.76. The van der Waals surface area contributed by atoms with Crippen LogP contribution in [0.15, 0.2) is 16.6 Å². The Labute approximate surface area is 200 Å². The summed E-state index contributed by atoms with van der Waals surface area (Å²) in [7, 11) is 1.21. The van der Waals surface area contributed by atoms with Gasteiger partial charge in [-0.1, -0.05) is 0 Å². The first-order valence-electron chi connectivity index (χ1n) is 10.7. The third-order valence-electron chi connectivity index (χ3n) is 5.90. The first-order valence-corrected chi connectivity index (χ1v) is 11.5. The molecule has 1 N–H and O–H groups in total. The predicted molar refractivity (Wildman–Crippen MR) is 120 cm³/mol. The molecule has 1 aliphatic heterocycles. The molecule has 1 aromatic rings. The first-order chi connectivity index (χ1) is 15.4. The number of nitrogens with zero attached hydrogens (tertiary/aromatic N) is 2. The summed E-state index contributed by atoms with van der Waals surface area (Å²) in [4.78, 5) is 39.3. The number of piperidine rings is 1. The zero-order valence-corrected chi connectivity index (χ0v) is 20.6. The molecule has 33 heavy (non-hydrogen) atoms. The Bertz CT molecular complexity index is 1000. The van der Waals surface area contributed by atoms with Gasteiger partial charge in [0, 0.05) is 16.9 Å². The van der Waals surface area contributed by atoms with Gasteiger partial charge in [0.25, 0.3) is 0 Å². The normalized spacial score (nSPS) is 22.5. The van der Waals surface area contributed by atoms with E-state index in [2.05, 4.69) is 21.2 Å². The molecule has 2 fully saturated rings. The van der Waals surface area contributed by atoms with E-state index in [1.54, 1.807) is 20.8 Å². The second kappa shape index (κ2) is 9.67. The molecule has 2 bridgehead atoms. The van der Waals surface area contributed by atoms with Crippen molar-refractivity contribution in [3.05, 3.63) is 33.5 Å². The van der Waals surface area contributed by atoms with Gasteiger partial charge in [-0.3, -0.25) is 9.69 Å². The highest BCUT2D eigenvalue weighted by Crippen LogP contribution is 2.43. The Morgan fingerprint density at radius 3 is 2.64 bits per heavy atom. The highest BCUT2D eigenvalue weighted by molar-refractivity contribution is 9.10. The molecular formula is C23H27BrFN3O5. The third kappa shape index (κ3) is 5.46. The van der Waals surface area contributed by atoms with Gasteiger partial charge in [0.2, 0.25) is 5.91 Å². The fourth-order valence-corrected chi connectivity index (χ4v) is 5.00. The number of amides is 2. The number of methoxy groups -OCH3 is 1. The minimum atomic E-state index is -1.06. The summed E-state index contributed by atoms with van der Waals surface area (Å²) in [6.45, 7) is 5.28. The number of rotatable bonds is 5. The van der Waals surface area contributed by atoms with Gasteiger partial charge in [-0.05, 0) is 79.6 Å². The van der Waals surface area contributed by atoms with Crippen LogP contribution in [0, 0.1) is 23.1 Å². The Morgan fingerprint density at radius 2 is 2.03 bits per heavy atom. The second-order valence-electron chi connectivity index (χ2n) is 9.37. The molecule has 4 atom stereocenters. The zero-order chi connectivity index (χ0) is 24.5. The summed E-state index contributed by atoms with van der Waals surface area (Å²) >= 11 is 3.13. The largest absolute Gasteiger partial charge is 0.465 e. The van der Waals surface area contributed by atoms with Gasteiger partial charge < -0.3 is 14.8 Å². The van der Waals surface area contributed by atoms with Crippen LogP contribution < -0.4 is 5.32 Å². The molecule has 1 aliphatic carbocycles. The maximum Gasteiger partial charge on any atom is 0.411 e. The number of likely N-dealkylation sites (tertiary alicyclic amines) is 1. The minimum absolute atomic E-state index is 0.0165. The molecule has 2 aliphatic rings. The van der Waals surface area contributed by atoms with E-state index in [9.17, 15) is 24.0 Å². The quantitative estimate of drug-likeness (QED) is 0.589. The van der Waals surface area contributed by atoms with E-state index in [4.69, 9.17) is 9.47 Å². The summed E-state index contributed by atoms with van der Waals surface area (Å²) in [6.07, 6.45) is 1.61. The number of benzene rings is 1. The number of nitriles is 1. The number of hydrogen-bond donors (Lipinski definition) is 1. The SMILES string of the molecule is COC(=O)c1cc(C[C@H](C#N)NC(=O)[C@@H]2[C@H]3CC[C@H](C3)N2C(=O)OC(C)(C)C)c(F)cc1Br. The molecule has 1 aromatic carbocycles. The molecule has 8 nitrogen and oxygen atoms in total. The molecule has 178 valence electrons. The van der Waals surface area contributed by atoms with Crippen molar-refractivity contribution in [1.29, 1.82) is 5.26 Å². The smallest absolute Gasteiger partial charge is 0.411 e. The lowest BCUT2D eigenvalue weighted by Gasteiger charge is -2.35. The maximum atomic E-state index is 14.5. The Morgan fingerprint density at radius 1 is 1.33 bits per heavy atom. The average Bonchev–Trinajstić information content (AvgIpc) is 3.34. The summed E-state index contributed by atoms with van der Waals surface area (Å²) in [5.41, 5.74) is -0.505. The molecule has 2 amide bonds. The highest BCUT2D eigenvalue weighted by atomic mass is 79.9. The van der Waals surface area contributed by atoms with Crippen molar-refractivity contribution in [1.82, 2.24) is 10.2 Å². The van der Waals surface area contributed by atoms with Crippen molar-refractivity contribution < 1.29 is 28.2 Å². The van der Waals surface area contributed by atoms with Gasteiger partial charge in [0.05, 0.1) is 18.7 Å². The van der Waals surface area contributed by atoms with E-state index in [1.165, 1.54) is 18.1 Å². The van der Waals surface area contributed by atoms with Crippen LogP contribution in [0.25, 0.3) is 0 Å². The van der Waals surface area contributed by atoms with Gasteiger partial charge in [0.1, 0.15) is 23.5 Å². The average molecular weight is 524 g/mol. The van der Waals surface area contributed by atoms with Crippen molar-refractivity contribution >= 4 is 33.9 Å². The summed E-state index contributed by atoms with van der Waals surface area (Å²) in [5, 5.41) is 12.3. The molecule has 1 saturated carbocycles. The summed E-state index contributed by atoms with van der Waals surface area (Å²) in [5.74, 6) is -1.77. The van der Waals surface area contributed by atoms with E-state index in [0.717, 1.165) is 18.9 Å². The lowest BCUT2D eigenvalue weighted by molar-refractivity contribution is -0.128. The topological polar surface area (TPSA) is 109 Å². The first kappa shape index (κ1) is 25.0. The van der Waals surface area contributed by atoms with Crippen LogP contribution in [0.4, 0.5) is 9.18 Å². The van der Waals surface area contributed by atoms with Gasteiger partial charge >= 0.3 is 12.1 Å². The van der Waals surface area contributed by atoms with Crippen molar-refractivity contribution in [2.24, 2.45) is 5.92 Å². The fourth-order valence-electron chi connectivity index (χ4n) is 4.53. The van der Waals surface area contributed by atoms with E-state index in [0.29, 0.717) is 6.42 Å². The number of fused-ring (bicyclic) bond motifs is 2. The standard InChI is InChI=1S/C23H27BrFN3O5/c1-23(2,3)33-22(31)28-15-6-5-12(8-15)19(28)20(29)27-14(11-26)7-13-9-16(21(30)32-4)17(24)10-18(13)25/h9-10,12,14-15,19H,5-8H2,1-4H3,(H,27,29)/t12-,14+,15+,19-/m0/s1. The van der Waals surface area contributed by atoms with Crippen LogP contribution in [-0.4, -0.2) is 53.7 Å². The van der Waals surface area contributed by atoms with Crippen LogP contribution in [0.5, 0.6) is 0 Å². The number of nitrogens with one attached hydrogen (secondary N) is 1. The predicted octanol–water partition coefficient (Wildman–Crippen LogP) is 3.71. The van der Waals surface area contributed by atoms with E-state index in [1.807, 2.05) is 6.07 Å². The molecule has 1 heterocycles. The zero-order valence-electron chi connectivity index (χ0n) is 19.0. The van der Waals surface area contributed by atoms with Gasteiger partial charge in [-0.2, -0.15) is 5.26 Å². The third-order valence-corrected chi connectivity index (χ3v) is 6.55. The molecule has 0 radical (unpaired) electrons. The Hall–Kier alpha value is -2.67. The molecule has 0 spiro atoms.